The summed E-state index contributed by atoms with van der Waals surface area (Å²) in [4.78, 5) is 37.0. The Labute approximate surface area is 214 Å². The van der Waals surface area contributed by atoms with Crippen LogP contribution in [0.3, 0.4) is 0 Å². The van der Waals surface area contributed by atoms with E-state index in [-0.39, 0.29) is 17.6 Å². The van der Waals surface area contributed by atoms with E-state index in [0.29, 0.717) is 40.9 Å². The third kappa shape index (κ3) is 6.82. The standard InChI is InChI=1S/C26H29N5O4S/c1-5-15-31-23(18(4)27-24(33)21-10-8-7-9-17(21)3)29-30-26(31)36-16-22(32)28-20-13-11-19(12-14-20)25(34)35-6-2/h5,7-14,18H,1,6,15-16H2,2-4H3,(H,27,33)(H,28,32)/t18-/m1/s1. The van der Waals surface area contributed by atoms with Gasteiger partial charge in [0.25, 0.3) is 5.91 Å². The third-order valence-electron chi connectivity index (χ3n) is 5.19. The summed E-state index contributed by atoms with van der Waals surface area (Å²) in [5.74, 6) is -0.184. The van der Waals surface area contributed by atoms with Crippen molar-refractivity contribution in [2.24, 2.45) is 0 Å². The number of aromatic nitrogens is 3. The van der Waals surface area contributed by atoms with Gasteiger partial charge in [0.2, 0.25) is 5.91 Å². The molecule has 0 aliphatic carbocycles. The largest absolute Gasteiger partial charge is 0.462 e. The number of nitrogens with one attached hydrogen (secondary N) is 2. The fourth-order valence-corrected chi connectivity index (χ4v) is 4.18. The number of allylic oxidation sites excluding steroid dienone is 1. The summed E-state index contributed by atoms with van der Waals surface area (Å²) in [6.07, 6.45) is 1.71. The van der Waals surface area contributed by atoms with Crippen LogP contribution in [0.5, 0.6) is 0 Å². The number of benzene rings is 2. The van der Waals surface area contributed by atoms with Crippen molar-refractivity contribution in [2.45, 2.75) is 38.5 Å². The molecule has 188 valence electrons. The van der Waals surface area contributed by atoms with Gasteiger partial charge in [-0.2, -0.15) is 0 Å². The van der Waals surface area contributed by atoms with Crippen molar-refractivity contribution in [3.63, 3.8) is 0 Å². The molecule has 0 bridgehead atoms. The van der Waals surface area contributed by atoms with E-state index in [1.807, 2.05) is 36.6 Å². The number of amides is 2. The number of aryl methyl sites for hydroxylation is 1. The van der Waals surface area contributed by atoms with Crippen LogP contribution >= 0.6 is 11.8 Å². The van der Waals surface area contributed by atoms with E-state index >= 15 is 0 Å². The molecule has 0 spiro atoms. The first kappa shape index (κ1) is 26.7. The van der Waals surface area contributed by atoms with Crippen LogP contribution in [0.4, 0.5) is 5.69 Å². The number of hydrogen-bond acceptors (Lipinski definition) is 7. The van der Waals surface area contributed by atoms with E-state index in [0.717, 1.165) is 5.56 Å². The average Bonchev–Trinajstić information content (AvgIpc) is 3.26. The van der Waals surface area contributed by atoms with Gasteiger partial charge in [-0.05, 0) is 56.7 Å². The van der Waals surface area contributed by atoms with E-state index in [2.05, 4.69) is 27.4 Å². The first-order valence-corrected chi connectivity index (χ1v) is 12.4. The van der Waals surface area contributed by atoms with E-state index in [9.17, 15) is 14.4 Å². The second-order valence-corrected chi connectivity index (χ2v) is 8.83. The topological polar surface area (TPSA) is 115 Å². The summed E-state index contributed by atoms with van der Waals surface area (Å²) in [7, 11) is 0. The van der Waals surface area contributed by atoms with Crippen molar-refractivity contribution in [3.05, 3.63) is 83.7 Å². The van der Waals surface area contributed by atoms with Gasteiger partial charge >= 0.3 is 5.97 Å². The van der Waals surface area contributed by atoms with Crippen molar-refractivity contribution in [2.75, 3.05) is 17.7 Å². The molecule has 2 N–H and O–H groups in total. The normalized spacial score (nSPS) is 11.4. The molecule has 2 amide bonds. The molecule has 9 nitrogen and oxygen atoms in total. The highest BCUT2D eigenvalue weighted by molar-refractivity contribution is 7.99. The van der Waals surface area contributed by atoms with E-state index in [4.69, 9.17) is 4.74 Å². The Kier molecular flexibility index (Phi) is 9.40. The summed E-state index contributed by atoms with van der Waals surface area (Å²) < 4.78 is 6.78. The number of ether oxygens (including phenoxy) is 1. The van der Waals surface area contributed by atoms with Crippen molar-refractivity contribution in [1.82, 2.24) is 20.1 Å². The molecular formula is C26H29N5O4S. The summed E-state index contributed by atoms with van der Waals surface area (Å²) in [6, 6.07) is 13.4. The van der Waals surface area contributed by atoms with Crippen LogP contribution in [-0.4, -0.2) is 44.9 Å². The number of hydrogen-bond donors (Lipinski definition) is 2. The Morgan fingerprint density at radius 1 is 1.14 bits per heavy atom. The van der Waals surface area contributed by atoms with Crippen molar-refractivity contribution in [1.29, 1.82) is 0 Å². The summed E-state index contributed by atoms with van der Waals surface area (Å²) in [6.45, 7) is 9.97. The van der Waals surface area contributed by atoms with Crippen LogP contribution in [-0.2, 0) is 16.1 Å². The van der Waals surface area contributed by atoms with Gasteiger partial charge < -0.3 is 19.9 Å². The average molecular weight is 508 g/mol. The van der Waals surface area contributed by atoms with Gasteiger partial charge in [-0.15, -0.1) is 16.8 Å². The maximum atomic E-state index is 12.7. The molecule has 10 heteroatoms. The van der Waals surface area contributed by atoms with Crippen molar-refractivity contribution >= 4 is 35.2 Å². The third-order valence-corrected chi connectivity index (χ3v) is 6.16. The smallest absolute Gasteiger partial charge is 0.338 e. The molecule has 2 aromatic carbocycles. The maximum Gasteiger partial charge on any atom is 0.338 e. The molecular weight excluding hydrogens is 478 g/mol. The number of carbonyl (C=O) groups is 3. The van der Waals surface area contributed by atoms with Gasteiger partial charge in [-0.3, -0.25) is 9.59 Å². The van der Waals surface area contributed by atoms with Crippen LogP contribution in [0.2, 0.25) is 0 Å². The van der Waals surface area contributed by atoms with Gasteiger partial charge in [0, 0.05) is 17.8 Å². The molecule has 36 heavy (non-hydrogen) atoms. The molecule has 0 aliphatic heterocycles. The molecule has 1 atom stereocenters. The first-order valence-electron chi connectivity index (χ1n) is 11.4. The Morgan fingerprint density at radius 2 is 1.86 bits per heavy atom. The Hall–Kier alpha value is -3.92. The lowest BCUT2D eigenvalue weighted by Gasteiger charge is -2.16. The molecule has 0 aliphatic rings. The second-order valence-electron chi connectivity index (χ2n) is 7.88. The van der Waals surface area contributed by atoms with Crippen LogP contribution in [0.25, 0.3) is 0 Å². The van der Waals surface area contributed by atoms with Gasteiger partial charge in [0.1, 0.15) is 0 Å². The van der Waals surface area contributed by atoms with Gasteiger partial charge in [0.05, 0.1) is 24.0 Å². The fraction of sp³-hybridized carbons (Fsp3) is 0.269. The van der Waals surface area contributed by atoms with E-state index in [1.165, 1.54) is 11.8 Å². The number of thioether (sulfide) groups is 1. The van der Waals surface area contributed by atoms with Gasteiger partial charge in [0.15, 0.2) is 11.0 Å². The lowest BCUT2D eigenvalue weighted by molar-refractivity contribution is -0.113. The number of carbonyl (C=O) groups excluding carboxylic acids is 3. The highest BCUT2D eigenvalue weighted by Gasteiger charge is 2.21. The molecule has 0 saturated carbocycles. The Bertz CT molecular complexity index is 1240. The first-order chi connectivity index (χ1) is 17.3. The van der Waals surface area contributed by atoms with Crippen LogP contribution in [0, 0.1) is 6.92 Å². The zero-order valence-corrected chi connectivity index (χ0v) is 21.3. The predicted molar refractivity (Wildman–Crippen MR) is 139 cm³/mol. The van der Waals surface area contributed by atoms with Crippen molar-refractivity contribution in [3.8, 4) is 0 Å². The maximum absolute atomic E-state index is 12.7. The lowest BCUT2D eigenvalue weighted by atomic mass is 10.1. The highest BCUT2D eigenvalue weighted by Crippen LogP contribution is 2.22. The minimum Gasteiger partial charge on any atom is -0.462 e. The number of nitrogens with zero attached hydrogens (tertiary/aromatic N) is 3. The second kappa shape index (κ2) is 12.7. The Balaban J connectivity index is 1.62. The van der Waals surface area contributed by atoms with E-state index < -0.39 is 12.0 Å². The molecule has 3 aromatic rings. The zero-order chi connectivity index (χ0) is 26.1. The zero-order valence-electron chi connectivity index (χ0n) is 20.5. The monoisotopic (exact) mass is 507 g/mol. The molecule has 3 rings (SSSR count). The molecule has 0 saturated heterocycles. The van der Waals surface area contributed by atoms with Gasteiger partial charge in [-0.1, -0.05) is 36.0 Å². The van der Waals surface area contributed by atoms with Crippen LogP contribution in [0.15, 0.2) is 66.3 Å². The van der Waals surface area contributed by atoms with E-state index in [1.54, 1.807) is 43.3 Å². The highest BCUT2D eigenvalue weighted by atomic mass is 32.2. The lowest BCUT2D eigenvalue weighted by Crippen LogP contribution is -2.29. The fourth-order valence-electron chi connectivity index (χ4n) is 3.43. The van der Waals surface area contributed by atoms with Crippen LogP contribution < -0.4 is 10.6 Å². The summed E-state index contributed by atoms with van der Waals surface area (Å²) in [5, 5.41) is 14.8. The quantitative estimate of drug-likeness (QED) is 0.227. The molecule has 1 heterocycles. The minimum atomic E-state index is -0.411. The Morgan fingerprint density at radius 3 is 2.53 bits per heavy atom. The summed E-state index contributed by atoms with van der Waals surface area (Å²) in [5.41, 5.74) is 2.46. The summed E-state index contributed by atoms with van der Waals surface area (Å²) >= 11 is 1.23. The SMILES string of the molecule is C=CCn1c(SCC(=O)Nc2ccc(C(=O)OCC)cc2)nnc1[C@@H](C)NC(=O)c1ccccc1C. The predicted octanol–water partition coefficient (Wildman–Crippen LogP) is 4.17. The minimum absolute atomic E-state index is 0.0961. The van der Waals surface area contributed by atoms with Gasteiger partial charge in [-0.25, -0.2) is 4.79 Å². The van der Waals surface area contributed by atoms with Crippen molar-refractivity contribution < 1.29 is 19.1 Å². The number of rotatable bonds is 11. The molecule has 0 radical (unpaired) electrons. The van der Waals surface area contributed by atoms with Crippen LogP contribution in [0.1, 0.15) is 52.0 Å². The molecule has 0 fully saturated rings. The molecule has 0 unspecified atom stereocenters. The number of esters is 1. The number of anilines is 1. The molecule has 1 aromatic heterocycles.